The largest absolute Gasteiger partial charge is 0.357 e. The summed E-state index contributed by atoms with van der Waals surface area (Å²) in [5.74, 6) is 0.858. The number of piperidine rings is 1. The molecule has 136 valence electrons. The molecule has 2 rings (SSSR count). The van der Waals surface area contributed by atoms with Crippen LogP contribution in [0, 0.1) is 11.3 Å². The van der Waals surface area contributed by atoms with Gasteiger partial charge in [0, 0.05) is 25.7 Å². The van der Waals surface area contributed by atoms with E-state index in [4.69, 9.17) is 5.26 Å². The van der Waals surface area contributed by atoms with Crippen LogP contribution in [0.5, 0.6) is 0 Å². The van der Waals surface area contributed by atoms with Gasteiger partial charge in [-0.1, -0.05) is 25.5 Å². The molecule has 1 aliphatic rings. The highest BCUT2D eigenvalue weighted by Crippen LogP contribution is 2.18. The average molecular weight is 342 g/mol. The molecular formula is C20H31N5. The number of likely N-dealkylation sites (tertiary alicyclic amines) is 1. The summed E-state index contributed by atoms with van der Waals surface area (Å²) in [5, 5.41) is 15.6. The van der Waals surface area contributed by atoms with Gasteiger partial charge < -0.3 is 10.6 Å². The van der Waals surface area contributed by atoms with E-state index >= 15 is 0 Å². The predicted molar refractivity (Wildman–Crippen MR) is 103 cm³/mol. The van der Waals surface area contributed by atoms with E-state index in [1.54, 1.807) is 0 Å². The van der Waals surface area contributed by atoms with Crippen molar-refractivity contribution in [3.05, 3.63) is 35.4 Å². The predicted octanol–water partition coefficient (Wildman–Crippen LogP) is 2.88. The molecule has 5 heteroatoms. The highest BCUT2D eigenvalue weighted by Gasteiger charge is 2.19. The maximum absolute atomic E-state index is 8.86. The van der Waals surface area contributed by atoms with Gasteiger partial charge in [-0.25, -0.2) is 4.99 Å². The maximum atomic E-state index is 8.86. The second-order valence-corrected chi connectivity index (χ2v) is 6.52. The molecule has 25 heavy (non-hydrogen) atoms. The van der Waals surface area contributed by atoms with Crippen LogP contribution in [-0.4, -0.2) is 43.1 Å². The van der Waals surface area contributed by atoms with E-state index in [0.29, 0.717) is 12.1 Å². The number of nitrogens with one attached hydrogen (secondary N) is 2. The Labute approximate surface area is 152 Å². The normalized spacial score (nSPS) is 18.6. The van der Waals surface area contributed by atoms with Gasteiger partial charge in [0.1, 0.15) is 0 Å². The number of hydrogen-bond acceptors (Lipinski definition) is 3. The van der Waals surface area contributed by atoms with E-state index in [9.17, 15) is 0 Å². The zero-order valence-electron chi connectivity index (χ0n) is 15.6. The van der Waals surface area contributed by atoms with Crippen LogP contribution < -0.4 is 10.6 Å². The smallest absolute Gasteiger partial charge is 0.191 e. The lowest BCUT2D eigenvalue weighted by atomic mass is 10.0. The summed E-state index contributed by atoms with van der Waals surface area (Å²) in [6.45, 7) is 9.04. The summed E-state index contributed by atoms with van der Waals surface area (Å²) in [5.41, 5.74) is 1.79. The molecule has 1 fully saturated rings. The Hall–Kier alpha value is -2.06. The van der Waals surface area contributed by atoms with Crippen LogP contribution in [-0.2, 0) is 6.54 Å². The summed E-state index contributed by atoms with van der Waals surface area (Å²) in [4.78, 5) is 7.27. The quantitative estimate of drug-likeness (QED) is 0.591. The monoisotopic (exact) mass is 341 g/mol. The van der Waals surface area contributed by atoms with Gasteiger partial charge in [-0.2, -0.15) is 5.26 Å². The fraction of sp³-hybridized carbons (Fsp3) is 0.600. The van der Waals surface area contributed by atoms with Gasteiger partial charge in [-0.3, -0.25) is 4.90 Å². The first-order chi connectivity index (χ1) is 12.3. The van der Waals surface area contributed by atoms with Crippen molar-refractivity contribution in [3.8, 4) is 6.07 Å². The average Bonchev–Trinajstić information content (AvgIpc) is 2.67. The van der Waals surface area contributed by atoms with Crippen molar-refractivity contribution >= 4 is 5.96 Å². The minimum Gasteiger partial charge on any atom is -0.357 e. The lowest BCUT2D eigenvalue weighted by Gasteiger charge is -2.35. The number of benzene rings is 1. The molecule has 0 saturated carbocycles. The molecule has 1 heterocycles. The van der Waals surface area contributed by atoms with Crippen LogP contribution in [0.4, 0.5) is 0 Å². The van der Waals surface area contributed by atoms with Crippen LogP contribution >= 0.6 is 0 Å². The van der Waals surface area contributed by atoms with Crippen molar-refractivity contribution < 1.29 is 0 Å². The summed E-state index contributed by atoms with van der Waals surface area (Å²) < 4.78 is 0. The fourth-order valence-electron chi connectivity index (χ4n) is 3.33. The number of nitrogens with zero attached hydrogens (tertiary/aromatic N) is 3. The maximum Gasteiger partial charge on any atom is 0.191 e. The molecule has 0 radical (unpaired) electrons. The zero-order chi connectivity index (χ0) is 17.9. The third-order valence-corrected chi connectivity index (χ3v) is 4.76. The van der Waals surface area contributed by atoms with Crippen molar-refractivity contribution in [3.63, 3.8) is 0 Å². The first kappa shape index (κ1) is 19.3. The summed E-state index contributed by atoms with van der Waals surface area (Å²) >= 11 is 0. The van der Waals surface area contributed by atoms with Gasteiger partial charge in [0.15, 0.2) is 5.96 Å². The second kappa shape index (κ2) is 10.7. The van der Waals surface area contributed by atoms with Crippen LogP contribution in [0.15, 0.2) is 29.3 Å². The van der Waals surface area contributed by atoms with Crippen molar-refractivity contribution in [2.45, 2.75) is 52.1 Å². The van der Waals surface area contributed by atoms with E-state index in [1.165, 1.54) is 32.2 Å². The number of nitriles is 1. The van der Waals surface area contributed by atoms with Crippen LogP contribution in [0.2, 0.25) is 0 Å². The number of guanidine groups is 1. The fourth-order valence-corrected chi connectivity index (χ4v) is 3.33. The molecule has 1 aromatic rings. The molecule has 0 bridgehead atoms. The van der Waals surface area contributed by atoms with Crippen LogP contribution in [0.3, 0.4) is 0 Å². The van der Waals surface area contributed by atoms with Crippen molar-refractivity contribution in [1.82, 2.24) is 15.5 Å². The molecular weight excluding hydrogens is 310 g/mol. The van der Waals surface area contributed by atoms with E-state index in [2.05, 4.69) is 40.4 Å². The Morgan fingerprint density at radius 2 is 2.04 bits per heavy atom. The molecule has 0 amide bonds. The molecule has 1 saturated heterocycles. The zero-order valence-corrected chi connectivity index (χ0v) is 15.6. The Morgan fingerprint density at radius 1 is 1.24 bits per heavy atom. The van der Waals surface area contributed by atoms with Gasteiger partial charge in [-0.05, 0) is 50.4 Å². The van der Waals surface area contributed by atoms with E-state index in [0.717, 1.165) is 37.2 Å². The molecule has 0 aromatic heterocycles. The van der Waals surface area contributed by atoms with Gasteiger partial charge in [0.2, 0.25) is 0 Å². The third kappa shape index (κ3) is 6.39. The molecule has 5 nitrogen and oxygen atoms in total. The second-order valence-electron chi connectivity index (χ2n) is 6.52. The number of hydrogen-bond donors (Lipinski definition) is 2. The number of aliphatic imine (C=N–C) groups is 1. The third-order valence-electron chi connectivity index (χ3n) is 4.76. The van der Waals surface area contributed by atoms with Gasteiger partial charge >= 0.3 is 0 Å². The Morgan fingerprint density at radius 3 is 2.72 bits per heavy atom. The molecule has 2 N–H and O–H groups in total. The van der Waals surface area contributed by atoms with E-state index in [-0.39, 0.29) is 0 Å². The Balaban J connectivity index is 1.83. The minimum atomic E-state index is 0.613. The number of rotatable bonds is 7. The summed E-state index contributed by atoms with van der Waals surface area (Å²) in [6, 6.07) is 10.5. The van der Waals surface area contributed by atoms with Crippen LogP contribution in [0.1, 0.15) is 50.7 Å². The lowest BCUT2D eigenvalue weighted by Crippen LogP contribution is -2.45. The van der Waals surface area contributed by atoms with Crippen molar-refractivity contribution in [2.75, 3.05) is 26.2 Å². The van der Waals surface area contributed by atoms with Gasteiger partial charge in [0.25, 0.3) is 0 Å². The highest BCUT2D eigenvalue weighted by molar-refractivity contribution is 5.79. The lowest BCUT2D eigenvalue weighted by molar-refractivity contribution is 0.147. The van der Waals surface area contributed by atoms with E-state index in [1.807, 2.05) is 24.3 Å². The minimum absolute atomic E-state index is 0.613. The van der Waals surface area contributed by atoms with Crippen LogP contribution in [0.25, 0.3) is 0 Å². The standard InChI is InChI=1S/C20H31N5/c1-3-19-7-5-6-13-25(19)14-12-23-20(22-4-2)24-16-18-10-8-17(15-21)9-11-18/h8-11,19H,3-7,12-14,16H2,1-2H3,(H2,22,23,24). The molecule has 1 unspecified atom stereocenters. The molecule has 1 aliphatic heterocycles. The van der Waals surface area contributed by atoms with Gasteiger partial charge in [-0.15, -0.1) is 0 Å². The summed E-state index contributed by atoms with van der Waals surface area (Å²) in [6.07, 6.45) is 5.27. The van der Waals surface area contributed by atoms with E-state index < -0.39 is 0 Å². The molecule has 1 aromatic carbocycles. The van der Waals surface area contributed by atoms with Crippen molar-refractivity contribution in [2.24, 2.45) is 4.99 Å². The first-order valence-electron chi connectivity index (χ1n) is 9.52. The molecule has 0 spiro atoms. The van der Waals surface area contributed by atoms with Crippen molar-refractivity contribution in [1.29, 1.82) is 5.26 Å². The molecule has 0 aliphatic carbocycles. The Bertz CT molecular complexity index is 573. The van der Waals surface area contributed by atoms with Gasteiger partial charge in [0.05, 0.1) is 18.2 Å². The topological polar surface area (TPSA) is 63.5 Å². The summed E-state index contributed by atoms with van der Waals surface area (Å²) in [7, 11) is 0. The highest BCUT2D eigenvalue weighted by atomic mass is 15.2. The SMILES string of the molecule is CCNC(=NCc1ccc(C#N)cc1)NCCN1CCCCC1CC. The first-order valence-corrected chi connectivity index (χ1v) is 9.52. The molecule has 1 atom stereocenters. The Kier molecular flexibility index (Phi) is 8.27.